The van der Waals surface area contributed by atoms with Gasteiger partial charge >= 0.3 is 5.97 Å². The van der Waals surface area contributed by atoms with Crippen molar-refractivity contribution in [2.45, 2.75) is 16.3 Å². The van der Waals surface area contributed by atoms with Crippen molar-refractivity contribution in [2.75, 3.05) is 17.4 Å². The Labute approximate surface area is 179 Å². The van der Waals surface area contributed by atoms with Gasteiger partial charge in [0.25, 0.3) is 5.91 Å². The summed E-state index contributed by atoms with van der Waals surface area (Å²) in [6.45, 7) is 0.159. The van der Waals surface area contributed by atoms with Crippen molar-refractivity contribution in [3.05, 3.63) is 88.4 Å². The summed E-state index contributed by atoms with van der Waals surface area (Å²) in [6, 6.07) is 18.4. The van der Waals surface area contributed by atoms with Gasteiger partial charge < -0.3 is 10.0 Å². The first kappa shape index (κ1) is 20.3. The van der Waals surface area contributed by atoms with Crippen molar-refractivity contribution < 1.29 is 18.9 Å². The van der Waals surface area contributed by atoms with Crippen LogP contribution in [0.5, 0.6) is 0 Å². The molecule has 0 radical (unpaired) electrons. The van der Waals surface area contributed by atoms with Crippen LogP contribution in [0.15, 0.2) is 76.5 Å². The molecule has 0 atom stereocenters. The number of nitrogens with zero attached hydrogens (tertiary/aromatic N) is 1. The van der Waals surface area contributed by atoms with Crippen LogP contribution in [0.4, 0.5) is 5.69 Å². The maximum absolute atomic E-state index is 14.4. The quantitative estimate of drug-likeness (QED) is 0.639. The number of hydrogen-bond donors (Lipinski definition) is 1. The number of halogens is 1. The lowest BCUT2D eigenvalue weighted by Crippen LogP contribution is -2.31. The molecular weight excluding hydrogens is 422 g/mol. The smallest absolute Gasteiger partial charge is 0.335 e. The predicted molar refractivity (Wildman–Crippen MR) is 118 cm³/mol. The third-order valence-corrected chi connectivity index (χ3v) is 8.86. The number of hydrogen-bond acceptors (Lipinski definition) is 3. The van der Waals surface area contributed by atoms with Gasteiger partial charge in [0.15, 0.2) is 0 Å². The molecule has 4 rings (SSSR count). The minimum atomic E-state index is -3.68. The molecular formula is C23H20ClNO4S. The van der Waals surface area contributed by atoms with Crippen molar-refractivity contribution >= 4 is 38.2 Å². The number of fused-ring (bicyclic) bond motifs is 2. The lowest BCUT2D eigenvalue weighted by atomic mass is 10.1. The van der Waals surface area contributed by atoms with Crippen molar-refractivity contribution in [3.8, 4) is 0 Å². The molecule has 154 valence electrons. The molecule has 1 heterocycles. The molecule has 0 saturated heterocycles. The van der Waals surface area contributed by atoms with Crippen LogP contribution >= 0.6 is 11.6 Å². The van der Waals surface area contributed by atoms with Gasteiger partial charge in [0.05, 0.1) is 23.4 Å². The van der Waals surface area contributed by atoms with E-state index >= 15 is 0 Å². The molecule has 0 unspecified atom stereocenters. The second-order valence-electron chi connectivity index (χ2n) is 7.83. The summed E-state index contributed by atoms with van der Waals surface area (Å²) in [4.78, 5) is 27.6. The van der Waals surface area contributed by atoms with E-state index in [1.807, 2.05) is 6.07 Å². The normalized spacial score (nSPS) is 17.8. The van der Waals surface area contributed by atoms with E-state index in [2.05, 4.69) is 0 Å². The van der Waals surface area contributed by atoms with Crippen molar-refractivity contribution in [1.29, 1.82) is 0 Å². The van der Waals surface area contributed by atoms with Gasteiger partial charge in [0.1, 0.15) is 0 Å². The number of carboxylic acids is 1. The highest BCUT2D eigenvalue weighted by atomic mass is 35.5. The maximum Gasteiger partial charge on any atom is 0.335 e. The van der Waals surface area contributed by atoms with E-state index in [1.54, 1.807) is 61.0 Å². The standard InChI is InChI=1S/C23H20ClNO4S/c1-30(2,29)20-9-4-3-8-18(20)22(26)25(14-15-6-5-7-17(24)12-15)19-13-16(23(27)28)10-11-21(19)30/h3-13H,14H2,1-2H3,(H,27,28). The number of amides is 1. The molecule has 30 heavy (non-hydrogen) atoms. The summed E-state index contributed by atoms with van der Waals surface area (Å²) in [5.41, 5.74) is 1.47. The number of carboxylic acid groups (broad SMARTS) is 1. The topological polar surface area (TPSA) is 74.7 Å². The molecule has 1 N–H and O–H groups in total. The van der Waals surface area contributed by atoms with E-state index in [0.29, 0.717) is 26.1 Å². The average molecular weight is 442 g/mol. The van der Waals surface area contributed by atoms with Crippen LogP contribution in [0.1, 0.15) is 26.3 Å². The van der Waals surface area contributed by atoms with Gasteiger partial charge in [-0.05, 0) is 69.6 Å². The van der Waals surface area contributed by atoms with Gasteiger partial charge in [-0.15, -0.1) is 0 Å². The summed E-state index contributed by atoms with van der Waals surface area (Å²) in [7, 11) is -3.68. The number of aromatic carboxylic acids is 1. The number of anilines is 1. The van der Waals surface area contributed by atoms with Crippen molar-refractivity contribution in [1.82, 2.24) is 0 Å². The van der Waals surface area contributed by atoms with E-state index in [-0.39, 0.29) is 18.0 Å². The Morgan fingerprint density at radius 1 is 1.00 bits per heavy atom. The van der Waals surface area contributed by atoms with Gasteiger partial charge in [-0.3, -0.25) is 9.00 Å². The minimum Gasteiger partial charge on any atom is -0.478 e. The molecule has 1 aliphatic rings. The van der Waals surface area contributed by atoms with Crippen LogP contribution in [0.3, 0.4) is 0 Å². The van der Waals surface area contributed by atoms with Crippen LogP contribution in [-0.2, 0) is 15.6 Å². The minimum absolute atomic E-state index is 0.0201. The number of benzene rings is 3. The van der Waals surface area contributed by atoms with Gasteiger partial charge in [-0.2, -0.15) is 0 Å². The Hall–Kier alpha value is -2.96. The molecule has 3 aromatic rings. The zero-order chi connectivity index (χ0) is 21.7. The zero-order valence-corrected chi connectivity index (χ0v) is 18.0. The lowest BCUT2D eigenvalue weighted by molar-refractivity contribution is 0.0696. The largest absolute Gasteiger partial charge is 0.478 e. The summed E-state index contributed by atoms with van der Waals surface area (Å²) in [6.07, 6.45) is 3.26. The second-order valence-corrected chi connectivity index (χ2v) is 12.8. The molecule has 1 aliphatic heterocycles. The molecule has 0 aromatic heterocycles. The van der Waals surface area contributed by atoms with E-state index in [9.17, 15) is 18.9 Å². The van der Waals surface area contributed by atoms with Crippen LogP contribution in [0, 0.1) is 0 Å². The maximum atomic E-state index is 14.4. The molecule has 5 nitrogen and oxygen atoms in total. The van der Waals surface area contributed by atoms with Crippen LogP contribution < -0.4 is 4.90 Å². The Morgan fingerprint density at radius 3 is 2.43 bits per heavy atom. The summed E-state index contributed by atoms with van der Waals surface area (Å²) >= 11 is 6.12. The van der Waals surface area contributed by atoms with E-state index in [4.69, 9.17) is 11.6 Å². The lowest BCUT2D eigenvalue weighted by Gasteiger charge is -2.36. The highest BCUT2D eigenvalue weighted by Crippen LogP contribution is 2.48. The van der Waals surface area contributed by atoms with Crippen LogP contribution in [-0.4, -0.2) is 33.7 Å². The molecule has 0 fully saturated rings. The predicted octanol–water partition coefficient (Wildman–Crippen LogP) is 4.70. The number of carbonyl (C=O) groups excluding carboxylic acids is 1. The molecule has 0 aliphatic carbocycles. The highest BCUT2D eigenvalue weighted by Gasteiger charge is 2.42. The first-order chi connectivity index (χ1) is 14.1. The van der Waals surface area contributed by atoms with E-state index in [0.717, 1.165) is 5.56 Å². The first-order valence-corrected chi connectivity index (χ1v) is 12.4. The van der Waals surface area contributed by atoms with Crippen LogP contribution in [0.25, 0.3) is 0 Å². The summed E-state index contributed by atoms with van der Waals surface area (Å²) in [5, 5.41) is 10.0. The fourth-order valence-electron chi connectivity index (χ4n) is 3.87. The number of carbonyl (C=O) groups is 2. The molecule has 0 bridgehead atoms. The van der Waals surface area contributed by atoms with Gasteiger partial charge in [-0.1, -0.05) is 35.9 Å². The molecule has 3 aromatic carbocycles. The summed E-state index contributed by atoms with van der Waals surface area (Å²) < 4.78 is 14.4. The monoisotopic (exact) mass is 441 g/mol. The molecule has 7 heteroatoms. The van der Waals surface area contributed by atoms with Gasteiger partial charge in [0, 0.05) is 14.8 Å². The molecule has 0 saturated carbocycles. The fourth-order valence-corrected chi connectivity index (χ4v) is 6.83. The average Bonchev–Trinajstić information content (AvgIpc) is 2.75. The Balaban J connectivity index is 2.04. The Bertz CT molecular complexity index is 1280. The van der Waals surface area contributed by atoms with E-state index in [1.165, 1.54) is 17.0 Å². The highest BCUT2D eigenvalue weighted by molar-refractivity contribution is 8.19. The molecule has 0 spiro atoms. The van der Waals surface area contributed by atoms with Crippen LogP contribution in [0.2, 0.25) is 5.02 Å². The molecule has 1 amide bonds. The van der Waals surface area contributed by atoms with E-state index < -0.39 is 15.0 Å². The SMILES string of the molecule is CS1(C)(=O)c2ccccc2C(=O)N(Cc2cccc(Cl)c2)c2cc(C(=O)O)ccc21. The third-order valence-electron chi connectivity index (χ3n) is 5.37. The first-order valence-electron chi connectivity index (χ1n) is 9.22. The number of rotatable bonds is 3. The second kappa shape index (κ2) is 6.79. The fraction of sp³-hybridized carbons (Fsp3) is 0.130. The van der Waals surface area contributed by atoms with Crippen molar-refractivity contribution in [2.24, 2.45) is 0 Å². The van der Waals surface area contributed by atoms with Gasteiger partial charge in [-0.25, -0.2) is 4.79 Å². The zero-order valence-electron chi connectivity index (χ0n) is 16.5. The van der Waals surface area contributed by atoms with Crippen molar-refractivity contribution in [3.63, 3.8) is 0 Å². The van der Waals surface area contributed by atoms with Gasteiger partial charge in [0.2, 0.25) is 0 Å². The Morgan fingerprint density at radius 2 is 1.73 bits per heavy atom. The third kappa shape index (κ3) is 3.22. The summed E-state index contributed by atoms with van der Waals surface area (Å²) in [5.74, 6) is -1.46. The Kier molecular flexibility index (Phi) is 4.60.